The van der Waals surface area contributed by atoms with E-state index in [2.05, 4.69) is 12.2 Å². The number of carbonyl (C=O) groups excluding carboxylic acids is 2. The van der Waals surface area contributed by atoms with E-state index in [-0.39, 0.29) is 24.2 Å². The zero-order valence-electron chi connectivity index (χ0n) is 17.1. The van der Waals surface area contributed by atoms with E-state index >= 15 is 0 Å². The van der Waals surface area contributed by atoms with E-state index in [0.717, 1.165) is 18.4 Å². The van der Waals surface area contributed by atoms with Crippen LogP contribution in [0.5, 0.6) is 5.75 Å². The molecule has 0 aliphatic carbocycles. The van der Waals surface area contributed by atoms with Gasteiger partial charge in [0.1, 0.15) is 17.6 Å². The van der Waals surface area contributed by atoms with Crippen molar-refractivity contribution in [1.29, 1.82) is 0 Å². The van der Waals surface area contributed by atoms with Gasteiger partial charge in [-0.15, -0.1) is 0 Å². The van der Waals surface area contributed by atoms with Gasteiger partial charge >= 0.3 is 0 Å². The van der Waals surface area contributed by atoms with Gasteiger partial charge < -0.3 is 15.0 Å². The third-order valence-electron chi connectivity index (χ3n) is 4.59. The number of nitrogens with zero attached hydrogens (tertiary/aromatic N) is 1. The number of benzene rings is 2. The van der Waals surface area contributed by atoms with Crippen molar-refractivity contribution in [2.24, 2.45) is 0 Å². The first kappa shape index (κ1) is 22.4. The molecule has 29 heavy (non-hydrogen) atoms. The number of halogens is 1. The number of hydrogen-bond donors (Lipinski definition) is 1. The standard InChI is InChI=1S/C23H29FN2O3/c1-3-5-15-25-23(28)21(4-2)26(16-18-9-7-6-8-10-18)22(27)17-29-20-13-11-19(24)12-14-20/h6-14,21H,3-5,15-17H2,1-2H3,(H,25,28)/t21-/m0/s1. The van der Waals surface area contributed by atoms with E-state index in [4.69, 9.17) is 4.74 Å². The number of carbonyl (C=O) groups is 2. The molecule has 2 aromatic rings. The van der Waals surface area contributed by atoms with Crippen molar-refractivity contribution >= 4 is 11.8 Å². The number of rotatable bonds is 11. The molecule has 0 aliphatic rings. The second-order valence-electron chi connectivity index (χ2n) is 6.82. The maximum absolute atomic E-state index is 13.0. The fourth-order valence-electron chi connectivity index (χ4n) is 2.96. The van der Waals surface area contributed by atoms with Crippen molar-refractivity contribution in [1.82, 2.24) is 10.2 Å². The van der Waals surface area contributed by atoms with E-state index in [1.54, 1.807) is 4.90 Å². The Bertz CT molecular complexity index is 765. The Labute approximate surface area is 171 Å². The van der Waals surface area contributed by atoms with Gasteiger partial charge in [0, 0.05) is 13.1 Å². The summed E-state index contributed by atoms with van der Waals surface area (Å²) >= 11 is 0. The minimum atomic E-state index is -0.587. The minimum Gasteiger partial charge on any atom is -0.484 e. The molecule has 0 aromatic heterocycles. The number of hydrogen-bond acceptors (Lipinski definition) is 3. The molecule has 1 N–H and O–H groups in total. The van der Waals surface area contributed by atoms with Crippen LogP contribution in [0.25, 0.3) is 0 Å². The van der Waals surface area contributed by atoms with Crippen LogP contribution in [0.1, 0.15) is 38.7 Å². The highest BCUT2D eigenvalue weighted by atomic mass is 19.1. The van der Waals surface area contributed by atoms with Crippen LogP contribution in [0.4, 0.5) is 4.39 Å². The lowest BCUT2D eigenvalue weighted by atomic mass is 10.1. The Hall–Kier alpha value is -2.89. The Morgan fingerprint density at radius 1 is 1.07 bits per heavy atom. The normalized spacial score (nSPS) is 11.6. The predicted molar refractivity (Wildman–Crippen MR) is 111 cm³/mol. The average molecular weight is 400 g/mol. The van der Waals surface area contributed by atoms with Crippen molar-refractivity contribution in [3.8, 4) is 5.75 Å². The van der Waals surface area contributed by atoms with E-state index in [0.29, 0.717) is 25.3 Å². The zero-order chi connectivity index (χ0) is 21.1. The Morgan fingerprint density at radius 3 is 2.38 bits per heavy atom. The molecular formula is C23H29FN2O3. The second kappa shape index (κ2) is 11.8. The molecule has 0 radical (unpaired) electrons. The predicted octanol–water partition coefficient (Wildman–Crippen LogP) is 3.93. The maximum atomic E-state index is 13.0. The summed E-state index contributed by atoms with van der Waals surface area (Å²) in [6, 6.07) is 14.4. The van der Waals surface area contributed by atoms with E-state index < -0.39 is 6.04 Å². The number of unbranched alkanes of at least 4 members (excludes halogenated alkanes) is 1. The van der Waals surface area contributed by atoms with Gasteiger partial charge in [-0.25, -0.2) is 4.39 Å². The van der Waals surface area contributed by atoms with Crippen LogP contribution >= 0.6 is 0 Å². The first-order valence-electron chi connectivity index (χ1n) is 10.0. The van der Waals surface area contributed by atoms with Gasteiger partial charge in [0.25, 0.3) is 5.91 Å². The van der Waals surface area contributed by atoms with Crippen LogP contribution in [0.15, 0.2) is 54.6 Å². The molecule has 0 heterocycles. The molecule has 1 atom stereocenters. The van der Waals surface area contributed by atoms with Gasteiger partial charge in [0.15, 0.2) is 6.61 Å². The first-order valence-corrected chi connectivity index (χ1v) is 10.0. The fraction of sp³-hybridized carbons (Fsp3) is 0.391. The molecule has 0 unspecified atom stereocenters. The summed E-state index contributed by atoms with van der Waals surface area (Å²) in [6.07, 6.45) is 2.37. The van der Waals surface area contributed by atoms with Crippen molar-refractivity contribution in [2.75, 3.05) is 13.2 Å². The zero-order valence-corrected chi connectivity index (χ0v) is 17.1. The number of nitrogens with one attached hydrogen (secondary N) is 1. The Morgan fingerprint density at radius 2 is 1.76 bits per heavy atom. The van der Waals surface area contributed by atoms with Gasteiger partial charge in [-0.2, -0.15) is 0 Å². The summed E-state index contributed by atoms with van der Waals surface area (Å²) in [7, 11) is 0. The van der Waals surface area contributed by atoms with Crippen molar-refractivity contribution in [2.45, 2.75) is 45.7 Å². The van der Waals surface area contributed by atoms with Gasteiger partial charge in [0.2, 0.25) is 5.91 Å². The Balaban J connectivity index is 2.12. The van der Waals surface area contributed by atoms with E-state index in [1.807, 2.05) is 37.3 Å². The molecule has 0 saturated heterocycles. The fourth-order valence-corrected chi connectivity index (χ4v) is 2.96. The van der Waals surface area contributed by atoms with Crippen LogP contribution in [0, 0.1) is 5.82 Å². The SMILES string of the molecule is CCCCNC(=O)[C@H](CC)N(Cc1ccccc1)C(=O)COc1ccc(F)cc1. The molecule has 0 bridgehead atoms. The number of amides is 2. The Kier molecular flexibility index (Phi) is 9.15. The van der Waals surface area contributed by atoms with Crippen molar-refractivity contribution in [3.05, 3.63) is 66.0 Å². The molecular weight excluding hydrogens is 371 g/mol. The molecule has 6 heteroatoms. The average Bonchev–Trinajstić information content (AvgIpc) is 2.74. The highest BCUT2D eigenvalue weighted by Crippen LogP contribution is 2.15. The highest BCUT2D eigenvalue weighted by molar-refractivity contribution is 5.88. The summed E-state index contributed by atoms with van der Waals surface area (Å²) in [5, 5.41) is 2.92. The minimum absolute atomic E-state index is 0.160. The third-order valence-corrected chi connectivity index (χ3v) is 4.59. The summed E-state index contributed by atoms with van der Waals surface area (Å²) in [4.78, 5) is 27.2. The smallest absolute Gasteiger partial charge is 0.261 e. The van der Waals surface area contributed by atoms with Crippen LogP contribution < -0.4 is 10.1 Å². The van der Waals surface area contributed by atoms with Crippen LogP contribution in [-0.2, 0) is 16.1 Å². The lowest BCUT2D eigenvalue weighted by Gasteiger charge is -2.30. The lowest BCUT2D eigenvalue weighted by molar-refractivity contribution is -0.143. The summed E-state index contributed by atoms with van der Waals surface area (Å²) in [6.45, 7) is 4.62. The summed E-state index contributed by atoms with van der Waals surface area (Å²) in [5.74, 6) is -0.424. The quantitative estimate of drug-likeness (QED) is 0.582. The molecule has 0 spiro atoms. The third kappa shape index (κ3) is 7.22. The van der Waals surface area contributed by atoms with E-state index in [1.165, 1.54) is 24.3 Å². The van der Waals surface area contributed by atoms with Gasteiger partial charge in [0.05, 0.1) is 0 Å². The van der Waals surface area contributed by atoms with Gasteiger partial charge in [-0.1, -0.05) is 50.6 Å². The lowest BCUT2D eigenvalue weighted by Crippen LogP contribution is -2.50. The summed E-state index contributed by atoms with van der Waals surface area (Å²) in [5.41, 5.74) is 0.933. The molecule has 0 aliphatic heterocycles. The largest absolute Gasteiger partial charge is 0.484 e. The highest BCUT2D eigenvalue weighted by Gasteiger charge is 2.28. The molecule has 2 aromatic carbocycles. The van der Waals surface area contributed by atoms with Crippen LogP contribution in [-0.4, -0.2) is 35.9 Å². The molecule has 2 rings (SSSR count). The van der Waals surface area contributed by atoms with Crippen molar-refractivity contribution < 1.29 is 18.7 Å². The summed E-state index contributed by atoms with van der Waals surface area (Å²) < 4.78 is 18.6. The monoisotopic (exact) mass is 400 g/mol. The van der Waals surface area contributed by atoms with Gasteiger partial charge in [-0.3, -0.25) is 9.59 Å². The van der Waals surface area contributed by atoms with Gasteiger partial charge in [-0.05, 0) is 42.7 Å². The maximum Gasteiger partial charge on any atom is 0.261 e. The number of ether oxygens (including phenoxy) is 1. The van der Waals surface area contributed by atoms with Crippen molar-refractivity contribution in [3.63, 3.8) is 0 Å². The molecule has 156 valence electrons. The topological polar surface area (TPSA) is 58.6 Å². The molecule has 0 saturated carbocycles. The second-order valence-corrected chi connectivity index (χ2v) is 6.82. The van der Waals surface area contributed by atoms with Crippen LogP contribution in [0.3, 0.4) is 0 Å². The molecule has 5 nitrogen and oxygen atoms in total. The van der Waals surface area contributed by atoms with Crippen LogP contribution in [0.2, 0.25) is 0 Å². The molecule has 0 fully saturated rings. The molecule has 2 amide bonds. The first-order chi connectivity index (χ1) is 14.0. The van der Waals surface area contributed by atoms with E-state index in [9.17, 15) is 14.0 Å².